The van der Waals surface area contributed by atoms with E-state index in [1.807, 2.05) is 6.20 Å². The third kappa shape index (κ3) is 17.5. The van der Waals surface area contributed by atoms with Gasteiger partial charge in [-0.3, -0.25) is 0 Å². The lowest BCUT2D eigenvalue weighted by Gasteiger charge is -2.02. The molecule has 0 amide bonds. The molecule has 0 radical (unpaired) electrons. The summed E-state index contributed by atoms with van der Waals surface area (Å²) in [4.78, 5) is 0. The molecule has 0 bridgehead atoms. The van der Waals surface area contributed by atoms with Crippen molar-refractivity contribution >= 4 is 0 Å². The molecule has 2 N–H and O–H groups in total. The fraction of sp³-hybridized carbons (Fsp3) is 0.889. The van der Waals surface area contributed by atoms with Crippen LogP contribution in [0.25, 0.3) is 0 Å². The van der Waals surface area contributed by atoms with Crippen molar-refractivity contribution < 1.29 is 5.11 Å². The quantitative estimate of drug-likeness (QED) is 0.383. The molecule has 120 valence electrons. The van der Waals surface area contributed by atoms with E-state index in [9.17, 15) is 0 Å². The zero-order valence-corrected chi connectivity index (χ0v) is 13.7. The topological polar surface area (TPSA) is 32.3 Å². The SMILES string of the molecule is CCCCCCCCCCCCCC=CNCCCO. The minimum absolute atomic E-state index is 0.277. The van der Waals surface area contributed by atoms with Gasteiger partial charge in [0.15, 0.2) is 0 Å². The minimum atomic E-state index is 0.277. The van der Waals surface area contributed by atoms with Crippen LogP contribution in [0.3, 0.4) is 0 Å². The van der Waals surface area contributed by atoms with Crippen LogP contribution in [0.1, 0.15) is 90.4 Å². The van der Waals surface area contributed by atoms with Gasteiger partial charge in [0.2, 0.25) is 0 Å². The Hall–Kier alpha value is -0.500. The fourth-order valence-corrected chi connectivity index (χ4v) is 2.36. The number of aliphatic hydroxyl groups is 1. The second kappa shape index (κ2) is 18.5. The molecule has 0 fully saturated rings. The van der Waals surface area contributed by atoms with Crippen LogP contribution in [0.2, 0.25) is 0 Å². The second-order valence-electron chi connectivity index (χ2n) is 5.76. The monoisotopic (exact) mass is 283 g/mol. The van der Waals surface area contributed by atoms with Gasteiger partial charge in [0.25, 0.3) is 0 Å². The van der Waals surface area contributed by atoms with Crippen LogP contribution in [0, 0.1) is 0 Å². The Balaban J connectivity index is 2.99. The van der Waals surface area contributed by atoms with Gasteiger partial charge in [0.05, 0.1) is 0 Å². The summed E-state index contributed by atoms with van der Waals surface area (Å²) in [7, 11) is 0. The molecule has 20 heavy (non-hydrogen) atoms. The van der Waals surface area contributed by atoms with Crippen molar-refractivity contribution in [1.29, 1.82) is 0 Å². The molecule has 0 unspecified atom stereocenters. The first-order valence-corrected chi connectivity index (χ1v) is 8.91. The molecule has 0 aromatic heterocycles. The van der Waals surface area contributed by atoms with Crippen molar-refractivity contribution in [2.75, 3.05) is 13.2 Å². The van der Waals surface area contributed by atoms with Gasteiger partial charge in [-0.15, -0.1) is 0 Å². The van der Waals surface area contributed by atoms with E-state index in [1.54, 1.807) is 0 Å². The minimum Gasteiger partial charge on any atom is -0.396 e. The van der Waals surface area contributed by atoms with Crippen molar-refractivity contribution in [2.45, 2.75) is 90.4 Å². The molecule has 0 heterocycles. The van der Waals surface area contributed by atoms with Crippen LogP contribution in [0.15, 0.2) is 12.3 Å². The Morgan fingerprint density at radius 2 is 1.30 bits per heavy atom. The molecule has 0 saturated carbocycles. The van der Waals surface area contributed by atoms with Crippen molar-refractivity contribution in [1.82, 2.24) is 5.32 Å². The van der Waals surface area contributed by atoms with E-state index >= 15 is 0 Å². The van der Waals surface area contributed by atoms with E-state index in [4.69, 9.17) is 5.11 Å². The van der Waals surface area contributed by atoms with Crippen LogP contribution < -0.4 is 5.32 Å². The number of aliphatic hydroxyl groups excluding tert-OH is 1. The van der Waals surface area contributed by atoms with E-state index in [2.05, 4.69) is 18.3 Å². The highest BCUT2D eigenvalue weighted by atomic mass is 16.3. The summed E-state index contributed by atoms with van der Waals surface area (Å²) >= 11 is 0. The molecule has 2 nitrogen and oxygen atoms in total. The predicted octanol–water partition coefficient (Wildman–Crippen LogP) is 5.17. The second-order valence-corrected chi connectivity index (χ2v) is 5.76. The molecule has 0 saturated heterocycles. The average Bonchev–Trinajstić information content (AvgIpc) is 2.47. The van der Waals surface area contributed by atoms with E-state index in [1.165, 1.54) is 77.0 Å². The molecule has 0 atom stereocenters. The number of hydrogen-bond acceptors (Lipinski definition) is 2. The lowest BCUT2D eigenvalue weighted by molar-refractivity contribution is 0.288. The van der Waals surface area contributed by atoms with Crippen LogP contribution in [0.5, 0.6) is 0 Å². The first-order valence-electron chi connectivity index (χ1n) is 8.91. The van der Waals surface area contributed by atoms with Gasteiger partial charge >= 0.3 is 0 Å². The Bertz CT molecular complexity index is 192. The van der Waals surface area contributed by atoms with Gasteiger partial charge in [-0.1, -0.05) is 77.2 Å². The van der Waals surface area contributed by atoms with Crippen LogP contribution in [0.4, 0.5) is 0 Å². The van der Waals surface area contributed by atoms with Crippen LogP contribution >= 0.6 is 0 Å². The summed E-state index contributed by atoms with van der Waals surface area (Å²) in [5.41, 5.74) is 0. The third-order valence-corrected chi connectivity index (χ3v) is 3.69. The molecular weight excluding hydrogens is 246 g/mol. The summed E-state index contributed by atoms with van der Waals surface area (Å²) in [6, 6.07) is 0. The molecule has 0 aliphatic heterocycles. The molecule has 0 rings (SSSR count). The number of allylic oxidation sites excluding steroid dienone is 1. The smallest absolute Gasteiger partial charge is 0.0447 e. The Labute approximate surface area is 127 Å². The molecule has 0 aliphatic rings. The van der Waals surface area contributed by atoms with Crippen molar-refractivity contribution in [3.8, 4) is 0 Å². The van der Waals surface area contributed by atoms with E-state index in [0.29, 0.717) is 0 Å². The van der Waals surface area contributed by atoms with Gasteiger partial charge in [-0.2, -0.15) is 0 Å². The molecule has 0 aliphatic carbocycles. The van der Waals surface area contributed by atoms with Crippen LogP contribution in [-0.2, 0) is 0 Å². The summed E-state index contributed by atoms with van der Waals surface area (Å²) in [6.07, 6.45) is 21.8. The van der Waals surface area contributed by atoms with Crippen molar-refractivity contribution in [2.24, 2.45) is 0 Å². The first kappa shape index (κ1) is 19.5. The van der Waals surface area contributed by atoms with Gasteiger partial charge in [-0.05, 0) is 25.5 Å². The van der Waals surface area contributed by atoms with Crippen molar-refractivity contribution in [3.63, 3.8) is 0 Å². The molecule has 0 aromatic rings. The van der Waals surface area contributed by atoms with Gasteiger partial charge in [-0.25, -0.2) is 0 Å². The number of nitrogens with one attached hydrogen (secondary N) is 1. The van der Waals surface area contributed by atoms with E-state index < -0.39 is 0 Å². The summed E-state index contributed by atoms with van der Waals surface area (Å²) in [5.74, 6) is 0. The molecule has 0 aromatic carbocycles. The lowest BCUT2D eigenvalue weighted by Crippen LogP contribution is -2.07. The van der Waals surface area contributed by atoms with E-state index in [0.717, 1.165) is 13.0 Å². The Morgan fingerprint density at radius 3 is 1.85 bits per heavy atom. The highest BCUT2D eigenvalue weighted by Gasteiger charge is 1.92. The summed E-state index contributed by atoms with van der Waals surface area (Å²) in [5, 5.41) is 11.8. The van der Waals surface area contributed by atoms with Crippen molar-refractivity contribution in [3.05, 3.63) is 12.3 Å². The number of hydrogen-bond donors (Lipinski definition) is 2. The number of rotatable bonds is 16. The summed E-state index contributed by atoms with van der Waals surface area (Å²) < 4.78 is 0. The Kier molecular flexibility index (Phi) is 18.0. The standard InChI is InChI=1S/C18H37NO/c1-2-3-4-5-6-7-8-9-10-11-12-13-14-16-19-17-15-18-20/h14,16,19-20H,2-13,15,17-18H2,1H3. The molecular formula is C18H37NO. The maximum atomic E-state index is 8.62. The third-order valence-electron chi connectivity index (χ3n) is 3.69. The average molecular weight is 284 g/mol. The molecule has 2 heteroatoms. The zero-order chi connectivity index (χ0) is 14.7. The normalized spacial score (nSPS) is 11.3. The fourth-order valence-electron chi connectivity index (χ4n) is 2.36. The van der Waals surface area contributed by atoms with Gasteiger partial charge in [0, 0.05) is 13.2 Å². The van der Waals surface area contributed by atoms with Gasteiger partial charge in [0.1, 0.15) is 0 Å². The Morgan fingerprint density at radius 1 is 0.750 bits per heavy atom. The largest absolute Gasteiger partial charge is 0.396 e. The lowest BCUT2D eigenvalue weighted by atomic mass is 10.1. The van der Waals surface area contributed by atoms with E-state index in [-0.39, 0.29) is 6.61 Å². The highest BCUT2D eigenvalue weighted by Crippen LogP contribution is 2.11. The van der Waals surface area contributed by atoms with Gasteiger partial charge < -0.3 is 10.4 Å². The predicted molar refractivity (Wildman–Crippen MR) is 89.9 cm³/mol. The zero-order valence-electron chi connectivity index (χ0n) is 13.7. The maximum Gasteiger partial charge on any atom is 0.0447 e. The van der Waals surface area contributed by atoms with Crippen LogP contribution in [-0.4, -0.2) is 18.3 Å². The highest BCUT2D eigenvalue weighted by molar-refractivity contribution is 4.78. The number of unbranched alkanes of at least 4 members (excludes halogenated alkanes) is 11. The first-order chi connectivity index (χ1) is 9.91. The molecule has 0 spiro atoms. The maximum absolute atomic E-state index is 8.62. The summed E-state index contributed by atoms with van der Waals surface area (Å²) in [6.45, 7) is 3.44.